The molecule has 1 atom stereocenters. The largest absolute Gasteiger partial charge is 0.468 e. The van der Waals surface area contributed by atoms with Crippen LogP contribution in [0.3, 0.4) is 0 Å². The molecule has 74 valence electrons. The zero-order valence-electron chi connectivity index (χ0n) is 8.14. The molecule has 2 aliphatic heterocycles. The van der Waals surface area contributed by atoms with Crippen molar-refractivity contribution in [3.05, 3.63) is 0 Å². The number of hydrogen-bond acceptors (Lipinski definition) is 3. The second-order valence-electron chi connectivity index (χ2n) is 4.37. The van der Waals surface area contributed by atoms with Crippen LogP contribution in [0.2, 0.25) is 18.1 Å². The molecular weight excluding hydrogens is 182 g/mol. The van der Waals surface area contributed by atoms with Gasteiger partial charge >= 0.3 is 5.97 Å². The molecule has 0 aromatic rings. The Morgan fingerprint density at radius 1 is 1.46 bits per heavy atom. The number of rotatable bonds is 1. The quantitative estimate of drug-likeness (QED) is 0.504. The lowest BCUT2D eigenvalue weighted by Gasteiger charge is -2.17. The zero-order chi connectivity index (χ0) is 9.31. The van der Waals surface area contributed by atoms with Crippen LogP contribution in [0.4, 0.5) is 0 Å². The van der Waals surface area contributed by atoms with Gasteiger partial charge in [0.05, 0.1) is 15.2 Å². The highest BCUT2D eigenvalue weighted by atomic mass is 28.3. The van der Waals surface area contributed by atoms with Gasteiger partial charge in [-0.25, -0.2) is 0 Å². The Hall–Kier alpha value is -0.353. The molecular formula is C9H17NO2Si. The smallest absolute Gasteiger partial charge is 0.322 e. The first-order valence-corrected chi connectivity index (χ1v) is 7.90. The monoisotopic (exact) mass is 199 g/mol. The lowest BCUT2D eigenvalue weighted by molar-refractivity contribution is -0.142. The van der Waals surface area contributed by atoms with E-state index in [9.17, 15) is 4.79 Å². The van der Waals surface area contributed by atoms with Gasteiger partial charge in [0, 0.05) is 0 Å². The SMILES string of the molecule is COC(=O)[C@H]1C[Si]2(CCCC2)CN1. The summed E-state index contributed by atoms with van der Waals surface area (Å²) in [5.41, 5.74) is 0. The highest BCUT2D eigenvalue weighted by Crippen LogP contribution is 2.36. The van der Waals surface area contributed by atoms with Crippen LogP contribution < -0.4 is 5.32 Å². The summed E-state index contributed by atoms with van der Waals surface area (Å²) in [6.45, 7) is 0. The van der Waals surface area contributed by atoms with E-state index in [-0.39, 0.29) is 12.0 Å². The molecule has 0 unspecified atom stereocenters. The first kappa shape index (κ1) is 9.21. The molecule has 0 saturated carbocycles. The van der Waals surface area contributed by atoms with Gasteiger partial charge in [-0.2, -0.15) is 0 Å². The van der Waals surface area contributed by atoms with Crippen molar-refractivity contribution in [3.63, 3.8) is 0 Å². The van der Waals surface area contributed by atoms with Crippen molar-refractivity contribution < 1.29 is 9.53 Å². The van der Waals surface area contributed by atoms with Gasteiger partial charge in [-0.15, -0.1) is 0 Å². The molecule has 4 heteroatoms. The third-order valence-electron chi connectivity index (χ3n) is 3.51. The van der Waals surface area contributed by atoms with Gasteiger partial charge in [0.15, 0.2) is 0 Å². The first-order chi connectivity index (χ1) is 6.26. The topological polar surface area (TPSA) is 38.3 Å². The number of carbonyl (C=O) groups is 1. The maximum absolute atomic E-state index is 11.3. The third-order valence-corrected chi connectivity index (χ3v) is 8.57. The summed E-state index contributed by atoms with van der Waals surface area (Å²) in [7, 11) is 0.454. The van der Waals surface area contributed by atoms with E-state index in [2.05, 4.69) is 5.32 Å². The fourth-order valence-electron chi connectivity index (χ4n) is 2.73. The summed E-state index contributed by atoms with van der Waals surface area (Å²) >= 11 is 0. The number of carbonyl (C=O) groups excluding carboxylic acids is 1. The molecule has 1 spiro atoms. The van der Waals surface area contributed by atoms with Crippen molar-refractivity contribution in [3.8, 4) is 0 Å². The van der Waals surface area contributed by atoms with Crippen molar-refractivity contribution in [2.45, 2.75) is 37.0 Å². The lowest BCUT2D eigenvalue weighted by Crippen LogP contribution is -2.33. The van der Waals surface area contributed by atoms with Crippen LogP contribution >= 0.6 is 0 Å². The fourth-order valence-corrected chi connectivity index (χ4v) is 7.74. The van der Waals surface area contributed by atoms with Gasteiger partial charge in [0.2, 0.25) is 0 Å². The second kappa shape index (κ2) is 3.42. The molecule has 13 heavy (non-hydrogen) atoms. The molecule has 0 aliphatic carbocycles. The standard InChI is InChI=1S/C9H17NO2Si/c1-12-9(11)8-6-13(7-10-8)4-2-3-5-13/h8,10H,2-7H2,1H3/t8-/m1/s1. The number of nitrogens with one attached hydrogen (secondary N) is 1. The summed E-state index contributed by atoms with van der Waals surface area (Å²) in [4.78, 5) is 11.3. The average molecular weight is 199 g/mol. The predicted octanol–water partition coefficient (Wildman–Crippen LogP) is 0.913. The van der Waals surface area contributed by atoms with E-state index in [4.69, 9.17) is 4.74 Å². The van der Waals surface area contributed by atoms with Gasteiger partial charge < -0.3 is 10.1 Å². The lowest BCUT2D eigenvalue weighted by atomic mass is 10.3. The average Bonchev–Trinajstić information content (AvgIpc) is 2.76. The summed E-state index contributed by atoms with van der Waals surface area (Å²) in [5, 5.41) is 3.33. The summed E-state index contributed by atoms with van der Waals surface area (Å²) in [6, 6.07) is 4.00. The van der Waals surface area contributed by atoms with Crippen LogP contribution in [0.5, 0.6) is 0 Å². The van der Waals surface area contributed by atoms with Gasteiger partial charge in [-0.1, -0.05) is 24.9 Å². The summed E-state index contributed by atoms with van der Waals surface area (Å²) in [5.74, 6) is -0.0590. The van der Waals surface area contributed by atoms with Crippen LogP contribution in [-0.4, -0.2) is 33.4 Å². The maximum Gasteiger partial charge on any atom is 0.322 e. The predicted molar refractivity (Wildman–Crippen MR) is 53.2 cm³/mol. The molecule has 0 amide bonds. The van der Waals surface area contributed by atoms with E-state index in [1.807, 2.05) is 0 Å². The molecule has 0 radical (unpaired) electrons. The van der Waals surface area contributed by atoms with Crippen molar-refractivity contribution in [1.29, 1.82) is 0 Å². The molecule has 1 N–H and O–H groups in total. The van der Waals surface area contributed by atoms with E-state index in [1.165, 1.54) is 32.0 Å². The van der Waals surface area contributed by atoms with E-state index in [0.717, 1.165) is 12.2 Å². The Bertz CT molecular complexity index is 214. The molecule has 2 heterocycles. The zero-order valence-corrected chi connectivity index (χ0v) is 9.14. The van der Waals surface area contributed by atoms with Crippen molar-refractivity contribution in [1.82, 2.24) is 5.32 Å². The second-order valence-corrected chi connectivity index (χ2v) is 9.13. The fraction of sp³-hybridized carbons (Fsp3) is 0.889. The van der Waals surface area contributed by atoms with Crippen LogP contribution in [0.15, 0.2) is 0 Å². The van der Waals surface area contributed by atoms with E-state index < -0.39 is 8.07 Å². The van der Waals surface area contributed by atoms with Crippen molar-refractivity contribution in [2.24, 2.45) is 0 Å². The highest BCUT2D eigenvalue weighted by molar-refractivity contribution is 6.81. The minimum atomic E-state index is -1.02. The van der Waals surface area contributed by atoms with Gasteiger partial charge in [-0.3, -0.25) is 4.79 Å². The Morgan fingerprint density at radius 2 is 2.15 bits per heavy atom. The number of methoxy groups -OCH3 is 1. The normalized spacial score (nSPS) is 31.0. The maximum atomic E-state index is 11.3. The van der Waals surface area contributed by atoms with Gasteiger partial charge in [0.1, 0.15) is 6.04 Å². The Labute approximate surface area is 79.9 Å². The summed E-state index contributed by atoms with van der Waals surface area (Å²) < 4.78 is 4.76. The van der Waals surface area contributed by atoms with Crippen LogP contribution in [0.1, 0.15) is 12.8 Å². The Balaban J connectivity index is 1.96. The minimum absolute atomic E-state index is 0.0229. The third kappa shape index (κ3) is 1.65. The van der Waals surface area contributed by atoms with Crippen molar-refractivity contribution in [2.75, 3.05) is 13.3 Å². The Morgan fingerprint density at radius 3 is 2.77 bits per heavy atom. The van der Waals surface area contributed by atoms with Crippen molar-refractivity contribution >= 4 is 14.0 Å². The summed E-state index contributed by atoms with van der Waals surface area (Å²) in [6.07, 6.45) is 3.93. The molecule has 2 saturated heterocycles. The molecule has 2 fully saturated rings. The minimum Gasteiger partial charge on any atom is -0.468 e. The highest BCUT2D eigenvalue weighted by Gasteiger charge is 2.45. The van der Waals surface area contributed by atoms with Gasteiger partial charge in [0.25, 0.3) is 0 Å². The molecule has 2 rings (SSSR count). The molecule has 0 bridgehead atoms. The molecule has 3 nitrogen and oxygen atoms in total. The van der Waals surface area contributed by atoms with E-state index in [0.29, 0.717) is 0 Å². The van der Waals surface area contributed by atoms with E-state index in [1.54, 1.807) is 0 Å². The number of hydrogen-bond donors (Lipinski definition) is 1. The molecule has 0 aromatic carbocycles. The van der Waals surface area contributed by atoms with Crippen LogP contribution in [0, 0.1) is 0 Å². The molecule has 0 aromatic heterocycles. The van der Waals surface area contributed by atoms with Crippen LogP contribution in [-0.2, 0) is 9.53 Å². The number of ether oxygens (including phenoxy) is 1. The number of esters is 1. The van der Waals surface area contributed by atoms with E-state index >= 15 is 0 Å². The Kier molecular flexibility index (Phi) is 2.42. The first-order valence-electron chi connectivity index (χ1n) is 5.07. The van der Waals surface area contributed by atoms with Crippen LogP contribution in [0.25, 0.3) is 0 Å². The van der Waals surface area contributed by atoms with Gasteiger partial charge in [-0.05, 0) is 12.2 Å². The molecule has 2 aliphatic rings.